The van der Waals surface area contributed by atoms with Gasteiger partial charge >= 0.3 is 0 Å². The normalized spacial score (nSPS) is 10.9. The van der Waals surface area contributed by atoms with Crippen LogP contribution in [0.25, 0.3) is 4.96 Å². The fourth-order valence-corrected chi connectivity index (χ4v) is 2.90. The Labute approximate surface area is 132 Å². The largest absolute Gasteiger partial charge is 0.356 e. The molecule has 0 saturated heterocycles. The van der Waals surface area contributed by atoms with Crippen molar-refractivity contribution in [2.45, 2.75) is 13.5 Å². The van der Waals surface area contributed by atoms with E-state index in [9.17, 15) is 4.79 Å². The predicted octanol–water partition coefficient (Wildman–Crippen LogP) is 2.41. The number of rotatable bonds is 4. The monoisotopic (exact) mass is 315 g/mol. The molecule has 22 heavy (non-hydrogen) atoms. The first kappa shape index (κ1) is 14.5. The predicted molar refractivity (Wildman–Crippen MR) is 87.4 cm³/mol. The number of hydrogen-bond acceptors (Lipinski definition) is 5. The molecule has 2 aromatic heterocycles. The lowest BCUT2D eigenvalue weighted by Crippen LogP contribution is -2.21. The summed E-state index contributed by atoms with van der Waals surface area (Å²) in [6, 6.07) is 7.59. The van der Waals surface area contributed by atoms with Gasteiger partial charge in [0.15, 0.2) is 0 Å². The zero-order valence-corrected chi connectivity index (χ0v) is 13.5. The van der Waals surface area contributed by atoms with Crippen molar-refractivity contribution in [2.75, 3.05) is 19.4 Å². The number of carbonyl (C=O) groups is 1. The zero-order valence-electron chi connectivity index (χ0n) is 12.7. The van der Waals surface area contributed by atoms with Crippen molar-refractivity contribution in [1.82, 2.24) is 19.5 Å². The van der Waals surface area contributed by atoms with Crippen molar-refractivity contribution in [2.24, 2.45) is 0 Å². The second-order valence-electron chi connectivity index (χ2n) is 5.27. The molecule has 3 rings (SSSR count). The number of fused-ring (bicyclic) bond motifs is 1. The van der Waals surface area contributed by atoms with Gasteiger partial charge in [0.1, 0.15) is 0 Å². The van der Waals surface area contributed by atoms with Crippen LogP contribution in [0.15, 0.2) is 30.5 Å². The molecule has 0 aliphatic carbocycles. The van der Waals surface area contributed by atoms with Crippen LogP contribution in [0, 0.1) is 6.92 Å². The lowest BCUT2D eigenvalue weighted by Gasteiger charge is -2.10. The average Bonchev–Trinajstić information content (AvgIpc) is 3.01. The van der Waals surface area contributed by atoms with Gasteiger partial charge in [-0.1, -0.05) is 23.5 Å². The smallest absolute Gasteiger partial charge is 0.253 e. The maximum Gasteiger partial charge on any atom is 0.253 e. The van der Waals surface area contributed by atoms with Gasteiger partial charge in [-0.05, 0) is 24.6 Å². The summed E-state index contributed by atoms with van der Waals surface area (Å²) in [5.41, 5.74) is 2.75. The van der Waals surface area contributed by atoms with Gasteiger partial charge in [0, 0.05) is 26.2 Å². The quantitative estimate of drug-likeness (QED) is 0.803. The number of anilines is 1. The summed E-state index contributed by atoms with van der Waals surface area (Å²) in [6.45, 7) is 2.61. The first-order valence-corrected chi connectivity index (χ1v) is 7.72. The summed E-state index contributed by atoms with van der Waals surface area (Å²) in [5, 5.41) is 8.53. The highest BCUT2D eigenvalue weighted by atomic mass is 32.1. The average molecular weight is 315 g/mol. The number of aromatic nitrogens is 3. The van der Waals surface area contributed by atoms with Gasteiger partial charge < -0.3 is 10.2 Å². The van der Waals surface area contributed by atoms with Crippen LogP contribution in [0.2, 0.25) is 0 Å². The molecule has 1 amide bonds. The molecule has 2 heterocycles. The van der Waals surface area contributed by atoms with Crippen molar-refractivity contribution in [3.8, 4) is 0 Å². The maximum atomic E-state index is 11.8. The summed E-state index contributed by atoms with van der Waals surface area (Å²) >= 11 is 1.52. The highest BCUT2D eigenvalue weighted by molar-refractivity contribution is 7.20. The molecule has 0 saturated carbocycles. The molecule has 0 spiro atoms. The van der Waals surface area contributed by atoms with Gasteiger partial charge in [-0.3, -0.25) is 4.79 Å². The Balaban J connectivity index is 1.65. The van der Waals surface area contributed by atoms with Crippen LogP contribution < -0.4 is 5.32 Å². The SMILES string of the molecule is Cc1cn2nc(NCc3ccc(C(=O)N(C)C)cc3)sc2n1. The van der Waals surface area contributed by atoms with E-state index in [-0.39, 0.29) is 5.91 Å². The second-order valence-corrected chi connectivity index (χ2v) is 6.22. The lowest BCUT2D eigenvalue weighted by atomic mass is 10.1. The number of benzene rings is 1. The molecule has 6 nitrogen and oxygen atoms in total. The molecule has 3 aromatic rings. The second kappa shape index (κ2) is 5.76. The van der Waals surface area contributed by atoms with Gasteiger partial charge in [0.05, 0.1) is 11.9 Å². The molecular weight excluding hydrogens is 298 g/mol. The Hall–Kier alpha value is -2.41. The number of nitrogens with one attached hydrogen (secondary N) is 1. The van der Waals surface area contributed by atoms with Crippen molar-refractivity contribution >= 4 is 27.3 Å². The van der Waals surface area contributed by atoms with E-state index in [1.807, 2.05) is 37.4 Å². The molecule has 114 valence electrons. The minimum atomic E-state index is 0.0102. The third-order valence-corrected chi connectivity index (χ3v) is 4.09. The lowest BCUT2D eigenvalue weighted by molar-refractivity contribution is 0.0827. The van der Waals surface area contributed by atoms with Gasteiger partial charge in [0.2, 0.25) is 10.1 Å². The molecule has 1 aromatic carbocycles. The van der Waals surface area contributed by atoms with Crippen molar-refractivity contribution in [1.29, 1.82) is 0 Å². The number of carbonyl (C=O) groups excluding carboxylic acids is 1. The maximum absolute atomic E-state index is 11.8. The Morgan fingerprint density at radius 1 is 1.32 bits per heavy atom. The summed E-state index contributed by atoms with van der Waals surface area (Å²) in [5.74, 6) is 0.0102. The van der Waals surface area contributed by atoms with Crippen LogP contribution in [0.4, 0.5) is 5.13 Å². The van der Waals surface area contributed by atoms with E-state index in [1.54, 1.807) is 23.5 Å². The topological polar surface area (TPSA) is 62.5 Å². The molecule has 0 unspecified atom stereocenters. The molecule has 7 heteroatoms. The first-order valence-electron chi connectivity index (χ1n) is 6.90. The molecular formula is C15H17N5OS. The molecule has 0 radical (unpaired) electrons. The third-order valence-electron chi connectivity index (χ3n) is 3.21. The van der Waals surface area contributed by atoms with E-state index in [4.69, 9.17) is 0 Å². The minimum absolute atomic E-state index is 0.0102. The van der Waals surface area contributed by atoms with E-state index in [0.29, 0.717) is 12.1 Å². The highest BCUT2D eigenvalue weighted by Crippen LogP contribution is 2.19. The van der Waals surface area contributed by atoms with Gasteiger partial charge in [-0.2, -0.15) is 0 Å². The number of hydrogen-bond donors (Lipinski definition) is 1. The Bertz CT molecular complexity index is 772. The standard InChI is InChI=1S/C15H17N5OS/c1-10-9-20-15(17-10)22-14(18-20)16-8-11-4-6-12(7-5-11)13(21)19(2)3/h4-7,9H,8H2,1-3H3,(H,16,18). The summed E-state index contributed by atoms with van der Waals surface area (Å²) < 4.78 is 1.78. The molecule has 1 N–H and O–H groups in total. The van der Waals surface area contributed by atoms with Crippen LogP contribution in [0.5, 0.6) is 0 Å². The van der Waals surface area contributed by atoms with E-state index in [1.165, 1.54) is 11.3 Å². The van der Waals surface area contributed by atoms with Crippen LogP contribution in [-0.4, -0.2) is 39.5 Å². The summed E-state index contributed by atoms with van der Waals surface area (Å²) in [6.07, 6.45) is 1.90. The van der Waals surface area contributed by atoms with Gasteiger partial charge in [0.25, 0.3) is 5.91 Å². The van der Waals surface area contributed by atoms with E-state index in [0.717, 1.165) is 21.3 Å². The van der Waals surface area contributed by atoms with Crippen molar-refractivity contribution < 1.29 is 4.79 Å². The molecule has 0 atom stereocenters. The van der Waals surface area contributed by atoms with Gasteiger partial charge in [-0.25, -0.2) is 9.50 Å². The molecule has 0 aliphatic heterocycles. The summed E-state index contributed by atoms with van der Waals surface area (Å²) in [7, 11) is 3.50. The van der Waals surface area contributed by atoms with Crippen LogP contribution in [0.1, 0.15) is 21.6 Å². The van der Waals surface area contributed by atoms with Crippen molar-refractivity contribution in [3.63, 3.8) is 0 Å². The minimum Gasteiger partial charge on any atom is -0.356 e. The van der Waals surface area contributed by atoms with Crippen LogP contribution >= 0.6 is 11.3 Å². The number of aryl methyl sites for hydroxylation is 1. The fraction of sp³-hybridized carbons (Fsp3) is 0.267. The number of amides is 1. The number of imidazole rings is 1. The van der Waals surface area contributed by atoms with E-state index in [2.05, 4.69) is 15.4 Å². The van der Waals surface area contributed by atoms with Crippen LogP contribution in [-0.2, 0) is 6.54 Å². The zero-order chi connectivity index (χ0) is 15.7. The van der Waals surface area contributed by atoms with E-state index < -0.39 is 0 Å². The Morgan fingerprint density at radius 3 is 2.68 bits per heavy atom. The van der Waals surface area contributed by atoms with Gasteiger partial charge in [-0.15, -0.1) is 5.10 Å². The van der Waals surface area contributed by atoms with E-state index >= 15 is 0 Å². The Morgan fingerprint density at radius 2 is 2.05 bits per heavy atom. The van der Waals surface area contributed by atoms with Crippen LogP contribution in [0.3, 0.4) is 0 Å². The molecule has 0 fully saturated rings. The third kappa shape index (κ3) is 2.94. The molecule has 0 bridgehead atoms. The van der Waals surface area contributed by atoms with Crippen molar-refractivity contribution in [3.05, 3.63) is 47.3 Å². The number of nitrogens with zero attached hydrogens (tertiary/aromatic N) is 4. The summed E-state index contributed by atoms with van der Waals surface area (Å²) in [4.78, 5) is 18.6. The first-order chi connectivity index (χ1) is 10.5. The fourth-order valence-electron chi connectivity index (χ4n) is 2.08. The Kier molecular flexibility index (Phi) is 3.81. The molecule has 0 aliphatic rings. The highest BCUT2D eigenvalue weighted by Gasteiger charge is 2.08.